The van der Waals surface area contributed by atoms with Crippen LogP contribution in [0.5, 0.6) is 0 Å². The lowest BCUT2D eigenvalue weighted by atomic mass is 9.43. The standard InChI is InChI=1S/C20H38O2/c1-7-14(2)10-13-20(22)15(3)8-9-16-18(4,5)12-11-17(21)19(16,20)6/h14-17,21-22H,7-13H2,1-6H3/t14-,15+,16+,17+,19-,20-/m1/s1. The Morgan fingerprint density at radius 1 is 1.14 bits per heavy atom. The van der Waals surface area contributed by atoms with Crippen molar-refractivity contribution in [2.45, 2.75) is 98.2 Å². The van der Waals surface area contributed by atoms with Crippen LogP contribution in [0.4, 0.5) is 0 Å². The maximum atomic E-state index is 11.8. The van der Waals surface area contributed by atoms with Gasteiger partial charge in [0.25, 0.3) is 0 Å². The van der Waals surface area contributed by atoms with Crippen LogP contribution in [0.2, 0.25) is 0 Å². The molecule has 2 aliphatic carbocycles. The van der Waals surface area contributed by atoms with Crippen LogP contribution >= 0.6 is 0 Å². The molecular formula is C20H38O2. The topological polar surface area (TPSA) is 40.5 Å². The van der Waals surface area contributed by atoms with Gasteiger partial charge in [0.2, 0.25) is 0 Å². The number of fused-ring (bicyclic) bond motifs is 1. The average Bonchev–Trinajstić information content (AvgIpc) is 2.46. The third-order valence-electron chi connectivity index (χ3n) is 7.77. The molecule has 0 spiro atoms. The summed E-state index contributed by atoms with van der Waals surface area (Å²) in [5.41, 5.74) is -0.866. The summed E-state index contributed by atoms with van der Waals surface area (Å²) in [5.74, 6) is 1.34. The van der Waals surface area contributed by atoms with Gasteiger partial charge in [-0.3, -0.25) is 0 Å². The van der Waals surface area contributed by atoms with Gasteiger partial charge in [-0.1, -0.05) is 48.0 Å². The van der Waals surface area contributed by atoms with Crippen LogP contribution in [0.1, 0.15) is 86.5 Å². The Balaban J connectivity index is 2.36. The molecule has 22 heavy (non-hydrogen) atoms. The van der Waals surface area contributed by atoms with Gasteiger partial charge in [-0.15, -0.1) is 0 Å². The van der Waals surface area contributed by atoms with Crippen molar-refractivity contribution >= 4 is 0 Å². The van der Waals surface area contributed by atoms with Crippen LogP contribution < -0.4 is 0 Å². The van der Waals surface area contributed by atoms with Gasteiger partial charge in [0, 0.05) is 5.41 Å². The first-order chi connectivity index (χ1) is 10.1. The molecule has 2 fully saturated rings. The first kappa shape index (κ1) is 18.3. The Labute approximate surface area is 137 Å². The number of aliphatic hydroxyl groups excluding tert-OH is 1. The molecular weight excluding hydrogens is 272 g/mol. The molecule has 0 aromatic heterocycles. The molecule has 0 amide bonds. The smallest absolute Gasteiger partial charge is 0.0754 e. The molecule has 0 heterocycles. The summed E-state index contributed by atoms with van der Waals surface area (Å²) in [6.45, 7) is 13.6. The Hall–Kier alpha value is -0.0800. The van der Waals surface area contributed by atoms with Crippen molar-refractivity contribution in [3.8, 4) is 0 Å². The van der Waals surface area contributed by atoms with Gasteiger partial charge < -0.3 is 10.2 Å². The minimum atomic E-state index is -0.726. The van der Waals surface area contributed by atoms with E-state index in [4.69, 9.17) is 0 Å². The Morgan fingerprint density at radius 3 is 2.36 bits per heavy atom. The number of hydrogen-bond acceptors (Lipinski definition) is 2. The van der Waals surface area contributed by atoms with Gasteiger partial charge in [0.05, 0.1) is 11.7 Å². The van der Waals surface area contributed by atoms with Gasteiger partial charge in [0.15, 0.2) is 0 Å². The van der Waals surface area contributed by atoms with E-state index in [2.05, 4.69) is 41.5 Å². The highest BCUT2D eigenvalue weighted by Crippen LogP contribution is 2.63. The zero-order valence-corrected chi connectivity index (χ0v) is 15.7. The largest absolute Gasteiger partial charge is 0.392 e. The van der Waals surface area contributed by atoms with Gasteiger partial charge in [0.1, 0.15) is 0 Å². The molecule has 2 aliphatic rings. The van der Waals surface area contributed by atoms with Gasteiger partial charge in [-0.2, -0.15) is 0 Å². The molecule has 2 saturated carbocycles. The maximum Gasteiger partial charge on any atom is 0.0754 e. The van der Waals surface area contributed by atoms with Crippen LogP contribution in [0.3, 0.4) is 0 Å². The lowest BCUT2D eigenvalue weighted by Gasteiger charge is -2.64. The minimum Gasteiger partial charge on any atom is -0.392 e. The number of rotatable bonds is 4. The van der Waals surface area contributed by atoms with E-state index < -0.39 is 5.60 Å². The van der Waals surface area contributed by atoms with Gasteiger partial charge in [-0.25, -0.2) is 0 Å². The minimum absolute atomic E-state index is 0.221. The second-order valence-electron chi connectivity index (χ2n) is 9.33. The van der Waals surface area contributed by atoms with Crippen LogP contribution in [0.25, 0.3) is 0 Å². The average molecular weight is 311 g/mol. The molecule has 0 bridgehead atoms. The fraction of sp³-hybridized carbons (Fsp3) is 1.00. The quantitative estimate of drug-likeness (QED) is 0.784. The van der Waals surface area contributed by atoms with Crippen molar-refractivity contribution in [2.75, 3.05) is 0 Å². The molecule has 0 aromatic rings. The molecule has 0 radical (unpaired) electrons. The second kappa shape index (κ2) is 6.09. The third kappa shape index (κ3) is 2.65. The monoisotopic (exact) mass is 310 g/mol. The Morgan fingerprint density at radius 2 is 1.77 bits per heavy atom. The predicted octanol–water partition coefficient (Wildman–Crippen LogP) is 4.78. The fourth-order valence-electron chi connectivity index (χ4n) is 5.68. The zero-order valence-electron chi connectivity index (χ0n) is 15.7. The summed E-state index contributed by atoms with van der Waals surface area (Å²) in [6.07, 6.45) is 6.84. The molecule has 6 atom stereocenters. The molecule has 0 unspecified atom stereocenters. The van der Waals surface area contributed by atoms with Crippen LogP contribution in [0, 0.1) is 28.6 Å². The molecule has 0 aromatic carbocycles. The summed E-state index contributed by atoms with van der Waals surface area (Å²) < 4.78 is 0. The molecule has 0 saturated heterocycles. The molecule has 2 nitrogen and oxygen atoms in total. The van der Waals surface area contributed by atoms with Crippen molar-refractivity contribution in [3.63, 3.8) is 0 Å². The Bertz CT molecular complexity index is 391. The van der Waals surface area contributed by atoms with Gasteiger partial charge >= 0.3 is 0 Å². The molecule has 2 rings (SSSR count). The number of aliphatic hydroxyl groups is 2. The fourth-order valence-corrected chi connectivity index (χ4v) is 5.68. The summed E-state index contributed by atoms with van der Waals surface area (Å²) in [5, 5.41) is 22.7. The van der Waals surface area contributed by atoms with Crippen molar-refractivity contribution < 1.29 is 10.2 Å². The predicted molar refractivity (Wildman–Crippen MR) is 92.7 cm³/mol. The van der Waals surface area contributed by atoms with Crippen molar-refractivity contribution in [2.24, 2.45) is 28.6 Å². The van der Waals surface area contributed by atoms with Crippen LogP contribution in [-0.2, 0) is 0 Å². The highest BCUT2D eigenvalue weighted by molar-refractivity contribution is 5.14. The highest BCUT2D eigenvalue weighted by atomic mass is 16.3. The number of hydrogen-bond donors (Lipinski definition) is 2. The zero-order chi connectivity index (χ0) is 16.8. The second-order valence-corrected chi connectivity index (χ2v) is 9.33. The molecule has 0 aliphatic heterocycles. The first-order valence-corrected chi connectivity index (χ1v) is 9.50. The van der Waals surface area contributed by atoms with Crippen LogP contribution in [0.15, 0.2) is 0 Å². The van der Waals surface area contributed by atoms with E-state index in [0.717, 1.165) is 38.5 Å². The molecule has 2 heteroatoms. The van der Waals surface area contributed by atoms with E-state index in [1.807, 2.05) is 0 Å². The highest BCUT2D eigenvalue weighted by Gasteiger charge is 2.64. The van der Waals surface area contributed by atoms with Crippen LogP contribution in [-0.4, -0.2) is 21.9 Å². The van der Waals surface area contributed by atoms with E-state index in [0.29, 0.717) is 11.8 Å². The molecule has 130 valence electrons. The van der Waals surface area contributed by atoms with E-state index in [1.165, 1.54) is 6.42 Å². The van der Waals surface area contributed by atoms with E-state index in [1.54, 1.807) is 0 Å². The summed E-state index contributed by atoms with van der Waals surface area (Å²) in [4.78, 5) is 0. The van der Waals surface area contributed by atoms with Gasteiger partial charge in [-0.05, 0) is 61.7 Å². The lowest BCUT2D eigenvalue weighted by molar-refractivity contribution is -0.253. The van der Waals surface area contributed by atoms with E-state index in [-0.39, 0.29) is 22.9 Å². The van der Waals surface area contributed by atoms with E-state index >= 15 is 0 Å². The van der Waals surface area contributed by atoms with E-state index in [9.17, 15) is 10.2 Å². The molecule has 2 N–H and O–H groups in total. The SMILES string of the molecule is CC[C@@H](C)CC[C@@]1(O)[C@@H](C)CC[C@H]2C(C)(C)CC[C@H](O)[C@@]21C. The summed E-state index contributed by atoms with van der Waals surface area (Å²) in [6, 6.07) is 0. The van der Waals surface area contributed by atoms with Crippen molar-refractivity contribution in [1.29, 1.82) is 0 Å². The Kier molecular flexibility index (Phi) is 5.06. The third-order valence-corrected chi connectivity index (χ3v) is 7.77. The summed E-state index contributed by atoms with van der Waals surface area (Å²) >= 11 is 0. The lowest BCUT2D eigenvalue weighted by Crippen LogP contribution is -2.67. The first-order valence-electron chi connectivity index (χ1n) is 9.50. The van der Waals surface area contributed by atoms with Crippen molar-refractivity contribution in [1.82, 2.24) is 0 Å². The maximum absolute atomic E-state index is 11.8. The normalized spacial score (nSPS) is 46.1. The van der Waals surface area contributed by atoms with Crippen molar-refractivity contribution in [3.05, 3.63) is 0 Å². The summed E-state index contributed by atoms with van der Waals surface area (Å²) in [7, 11) is 0.